The van der Waals surface area contributed by atoms with Crippen molar-refractivity contribution in [3.05, 3.63) is 48.3 Å². The van der Waals surface area contributed by atoms with Gasteiger partial charge in [-0.3, -0.25) is 14.8 Å². The average Bonchev–Trinajstić information content (AvgIpc) is 3.18. The smallest absolute Gasteiger partial charge is 0.274 e. The molecule has 2 aromatic heterocycles. The summed E-state index contributed by atoms with van der Waals surface area (Å²) in [6.07, 6.45) is 6.57. The molecule has 0 bridgehead atoms. The predicted molar refractivity (Wildman–Crippen MR) is 89.1 cm³/mol. The van der Waals surface area contributed by atoms with Gasteiger partial charge in [-0.05, 0) is 19.1 Å². The molecule has 0 saturated carbocycles. The molecule has 0 aromatic carbocycles. The number of hydrogen-bond acceptors (Lipinski definition) is 6. The highest BCUT2D eigenvalue weighted by Gasteiger charge is 2.52. The Morgan fingerprint density at radius 1 is 1.40 bits per heavy atom. The molecule has 0 spiro atoms. The Labute approximate surface area is 146 Å². The number of pyridine rings is 1. The normalized spacial score (nSPS) is 25.0. The fourth-order valence-corrected chi connectivity index (χ4v) is 3.52. The Hall–Kier alpha value is -2.54. The first kappa shape index (κ1) is 16.0. The first-order valence-corrected chi connectivity index (χ1v) is 8.35. The third kappa shape index (κ3) is 3.07. The lowest BCUT2D eigenvalue weighted by Crippen LogP contribution is -2.38. The Kier molecular flexibility index (Phi) is 4.09. The van der Waals surface area contributed by atoms with Crippen molar-refractivity contribution in [3.63, 3.8) is 0 Å². The minimum absolute atomic E-state index is 0.0809. The summed E-state index contributed by atoms with van der Waals surface area (Å²) in [6, 6.07) is 3.73. The van der Waals surface area contributed by atoms with Crippen molar-refractivity contribution in [1.29, 1.82) is 0 Å². The molecule has 0 aliphatic carbocycles. The Morgan fingerprint density at radius 3 is 3.08 bits per heavy atom. The summed E-state index contributed by atoms with van der Waals surface area (Å²) < 4.78 is 11.6. The summed E-state index contributed by atoms with van der Waals surface area (Å²) >= 11 is 0. The van der Waals surface area contributed by atoms with Crippen LogP contribution in [-0.4, -0.2) is 58.7 Å². The van der Waals surface area contributed by atoms with E-state index < -0.39 is 0 Å². The second-order valence-corrected chi connectivity index (χ2v) is 6.78. The number of ether oxygens (including phenoxy) is 2. The number of aromatic nitrogens is 3. The second kappa shape index (κ2) is 6.40. The number of rotatable bonds is 4. The molecule has 0 unspecified atom stereocenters. The van der Waals surface area contributed by atoms with Crippen molar-refractivity contribution in [3.8, 4) is 5.75 Å². The summed E-state index contributed by atoms with van der Waals surface area (Å²) in [6.45, 7) is 4.87. The van der Waals surface area contributed by atoms with Crippen molar-refractivity contribution >= 4 is 5.91 Å². The zero-order valence-corrected chi connectivity index (χ0v) is 14.1. The minimum Gasteiger partial charge on any atom is -0.491 e. The molecule has 2 aliphatic rings. The van der Waals surface area contributed by atoms with Gasteiger partial charge >= 0.3 is 0 Å². The first-order chi connectivity index (χ1) is 12.2. The summed E-state index contributed by atoms with van der Waals surface area (Å²) in [5.74, 6) is 0.922. The summed E-state index contributed by atoms with van der Waals surface area (Å²) in [5, 5.41) is 0. The number of fused-ring (bicyclic) bond motifs is 1. The van der Waals surface area contributed by atoms with Gasteiger partial charge in [0, 0.05) is 31.4 Å². The third-order valence-corrected chi connectivity index (χ3v) is 4.97. The van der Waals surface area contributed by atoms with Crippen molar-refractivity contribution in [2.45, 2.75) is 6.92 Å². The lowest BCUT2D eigenvalue weighted by atomic mass is 9.82. The molecule has 2 fully saturated rings. The van der Waals surface area contributed by atoms with Gasteiger partial charge in [-0.15, -0.1) is 0 Å². The Balaban J connectivity index is 1.47. The van der Waals surface area contributed by atoms with Crippen LogP contribution in [0.25, 0.3) is 0 Å². The van der Waals surface area contributed by atoms with Gasteiger partial charge in [-0.25, -0.2) is 4.98 Å². The molecular weight excluding hydrogens is 320 g/mol. The zero-order valence-electron chi connectivity index (χ0n) is 14.1. The van der Waals surface area contributed by atoms with Crippen LogP contribution in [0.1, 0.15) is 16.2 Å². The SMILES string of the molecule is Cc1cnc(C(=O)N2C[C@@H]3COC[C@]3(COc3cccnc3)C2)cn1. The number of carbonyl (C=O) groups is 1. The molecule has 1 amide bonds. The highest BCUT2D eigenvalue weighted by molar-refractivity contribution is 5.92. The molecule has 0 N–H and O–H groups in total. The number of carbonyl (C=O) groups excluding carboxylic acids is 1. The van der Waals surface area contributed by atoms with Crippen LogP contribution in [-0.2, 0) is 4.74 Å². The highest BCUT2D eigenvalue weighted by Crippen LogP contribution is 2.42. The predicted octanol–water partition coefficient (Wildman–Crippen LogP) is 1.35. The van der Waals surface area contributed by atoms with Crippen LogP contribution in [0.4, 0.5) is 0 Å². The van der Waals surface area contributed by atoms with Gasteiger partial charge in [-0.2, -0.15) is 0 Å². The Bertz CT molecular complexity index is 753. The fraction of sp³-hybridized carbons (Fsp3) is 0.444. The van der Waals surface area contributed by atoms with Crippen LogP contribution in [0.15, 0.2) is 36.9 Å². The van der Waals surface area contributed by atoms with E-state index in [9.17, 15) is 4.79 Å². The maximum absolute atomic E-state index is 12.7. The molecule has 7 heteroatoms. The maximum Gasteiger partial charge on any atom is 0.274 e. The van der Waals surface area contributed by atoms with E-state index in [1.54, 1.807) is 24.8 Å². The van der Waals surface area contributed by atoms with E-state index >= 15 is 0 Å². The van der Waals surface area contributed by atoms with Crippen LogP contribution in [0, 0.1) is 18.3 Å². The zero-order chi connectivity index (χ0) is 17.3. The van der Waals surface area contributed by atoms with Gasteiger partial charge in [0.15, 0.2) is 0 Å². The molecule has 2 aliphatic heterocycles. The number of aryl methyl sites for hydroxylation is 1. The molecular formula is C18H20N4O3. The van der Waals surface area contributed by atoms with Gasteiger partial charge in [0.1, 0.15) is 11.4 Å². The van der Waals surface area contributed by atoms with Crippen molar-refractivity contribution in [2.75, 3.05) is 32.9 Å². The van der Waals surface area contributed by atoms with Crippen LogP contribution in [0.5, 0.6) is 5.75 Å². The second-order valence-electron chi connectivity index (χ2n) is 6.78. The monoisotopic (exact) mass is 340 g/mol. The molecule has 2 saturated heterocycles. The number of nitrogens with zero attached hydrogens (tertiary/aromatic N) is 4. The standard InChI is InChI=1S/C18H20N4O3/c1-13-5-21-16(7-20-13)17(23)22-8-14-9-24-11-18(14,10-22)12-25-15-3-2-4-19-6-15/h2-7,14H,8-12H2,1H3/t14-,18+/m1/s1. The van der Waals surface area contributed by atoms with E-state index in [-0.39, 0.29) is 17.2 Å². The topological polar surface area (TPSA) is 77.4 Å². The molecule has 7 nitrogen and oxygen atoms in total. The van der Waals surface area contributed by atoms with Gasteiger partial charge in [0.2, 0.25) is 0 Å². The molecule has 4 rings (SSSR count). The van der Waals surface area contributed by atoms with Gasteiger partial charge in [0.05, 0.1) is 43.3 Å². The highest BCUT2D eigenvalue weighted by atomic mass is 16.5. The third-order valence-electron chi connectivity index (χ3n) is 4.97. The molecule has 2 aromatic rings. The fourth-order valence-electron chi connectivity index (χ4n) is 3.52. The molecule has 130 valence electrons. The summed E-state index contributed by atoms with van der Waals surface area (Å²) in [5.41, 5.74) is 1.00. The largest absolute Gasteiger partial charge is 0.491 e. The Morgan fingerprint density at radius 2 is 2.32 bits per heavy atom. The van der Waals surface area contributed by atoms with E-state index in [1.165, 1.54) is 0 Å². The maximum atomic E-state index is 12.7. The van der Waals surface area contributed by atoms with E-state index in [0.29, 0.717) is 38.6 Å². The van der Waals surface area contributed by atoms with Gasteiger partial charge in [-0.1, -0.05) is 0 Å². The van der Waals surface area contributed by atoms with Crippen LogP contribution in [0.2, 0.25) is 0 Å². The van der Waals surface area contributed by atoms with Crippen LogP contribution >= 0.6 is 0 Å². The molecule has 25 heavy (non-hydrogen) atoms. The van der Waals surface area contributed by atoms with E-state index in [4.69, 9.17) is 9.47 Å². The van der Waals surface area contributed by atoms with E-state index in [2.05, 4.69) is 15.0 Å². The average molecular weight is 340 g/mol. The van der Waals surface area contributed by atoms with E-state index in [0.717, 1.165) is 11.4 Å². The minimum atomic E-state index is -0.177. The lowest BCUT2D eigenvalue weighted by molar-refractivity contribution is 0.0654. The van der Waals surface area contributed by atoms with Crippen molar-refractivity contribution in [1.82, 2.24) is 19.9 Å². The van der Waals surface area contributed by atoms with Crippen LogP contribution in [0.3, 0.4) is 0 Å². The summed E-state index contributed by atoms with van der Waals surface area (Å²) in [4.78, 5) is 27.0. The molecule has 2 atom stereocenters. The quantitative estimate of drug-likeness (QED) is 0.836. The number of hydrogen-bond donors (Lipinski definition) is 0. The van der Waals surface area contributed by atoms with E-state index in [1.807, 2.05) is 24.0 Å². The molecule has 0 radical (unpaired) electrons. The van der Waals surface area contributed by atoms with Gasteiger partial charge in [0.25, 0.3) is 5.91 Å². The lowest BCUT2D eigenvalue weighted by Gasteiger charge is -2.26. The number of likely N-dealkylation sites (tertiary alicyclic amines) is 1. The van der Waals surface area contributed by atoms with Crippen molar-refractivity contribution in [2.24, 2.45) is 11.3 Å². The number of amides is 1. The van der Waals surface area contributed by atoms with Gasteiger partial charge < -0.3 is 14.4 Å². The summed E-state index contributed by atoms with van der Waals surface area (Å²) in [7, 11) is 0. The van der Waals surface area contributed by atoms with Crippen molar-refractivity contribution < 1.29 is 14.3 Å². The molecule has 4 heterocycles. The van der Waals surface area contributed by atoms with Crippen LogP contribution < -0.4 is 4.74 Å². The first-order valence-electron chi connectivity index (χ1n) is 8.35.